The molecular formula is C17H18N2O6S. The van der Waals surface area contributed by atoms with Gasteiger partial charge in [-0.05, 0) is 55.8 Å². The number of phenols is 1. The van der Waals surface area contributed by atoms with Gasteiger partial charge in [0.05, 0.1) is 10.5 Å². The maximum absolute atomic E-state index is 12.2. The molecule has 0 aliphatic carbocycles. The number of phenolic OH excluding ortho intramolecular Hbond substituents is 1. The number of hydrogen-bond acceptors (Lipinski definition) is 5. The van der Waals surface area contributed by atoms with E-state index >= 15 is 0 Å². The van der Waals surface area contributed by atoms with E-state index in [9.17, 15) is 23.1 Å². The van der Waals surface area contributed by atoms with Crippen LogP contribution in [-0.4, -0.2) is 36.5 Å². The highest BCUT2D eigenvalue weighted by atomic mass is 32.2. The highest BCUT2D eigenvalue weighted by Crippen LogP contribution is 2.21. The van der Waals surface area contributed by atoms with Gasteiger partial charge in [-0.15, -0.1) is 0 Å². The molecule has 0 aliphatic rings. The molecule has 1 amide bonds. The Morgan fingerprint density at radius 1 is 1.08 bits per heavy atom. The fraction of sp³-hybridized carbons (Fsp3) is 0.176. The number of aliphatic carboxylic acids is 1. The van der Waals surface area contributed by atoms with E-state index in [2.05, 4.69) is 5.32 Å². The lowest BCUT2D eigenvalue weighted by Gasteiger charge is -2.11. The predicted octanol–water partition coefficient (Wildman–Crippen LogP) is 1.70. The van der Waals surface area contributed by atoms with Crippen LogP contribution in [0.3, 0.4) is 0 Å². The van der Waals surface area contributed by atoms with Crippen molar-refractivity contribution in [3.8, 4) is 5.75 Å². The van der Waals surface area contributed by atoms with Crippen LogP contribution in [0.25, 0.3) is 0 Å². The van der Waals surface area contributed by atoms with E-state index in [0.29, 0.717) is 5.69 Å². The number of aryl methyl sites for hydroxylation is 1. The monoisotopic (exact) mass is 378 g/mol. The molecule has 1 unspecified atom stereocenters. The number of hydrogen-bond donors (Lipinski definition) is 4. The largest absolute Gasteiger partial charge is 0.507 e. The zero-order valence-electron chi connectivity index (χ0n) is 14.1. The number of benzene rings is 2. The molecule has 0 aromatic heterocycles. The molecule has 1 atom stereocenters. The average Bonchev–Trinajstić information content (AvgIpc) is 2.54. The summed E-state index contributed by atoms with van der Waals surface area (Å²) in [4.78, 5) is 22.8. The third-order valence-electron chi connectivity index (χ3n) is 3.52. The zero-order valence-corrected chi connectivity index (χ0v) is 14.9. The Bertz CT molecular complexity index is 938. The summed E-state index contributed by atoms with van der Waals surface area (Å²) in [5.74, 6) is -2.00. The van der Waals surface area contributed by atoms with Crippen LogP contribution in [0.1, 0.15) is 22.8 Å². The van der Waals surface area contributed by atoms with Crippen LogP contribution < -0.4 is 10.0 Å². The van der Waals surface area contributed by atoms with Gasteiger partial charge in [0.15, 0.2) is 0 Å². The Kier molecular flexibility index (Phi) is 5.63. The van der Waals surface area contributed by atoms with Crippen LogP contribution in [0, 0.1) is 6.92 Å². The number of aromatic hydroxyl groups is 1. The zero-order chi connectivity index (χ0) is 19.5. The van der Waals surface area contributed by atoms with Gasteiger partial charge in [-0.2, -0.15) is 4.72 Å². The van der Waals surface area contributed by atoms with Crippen molar-refractivity contribution in [1.82, 2.24) is 4.72 Å². The van der Waals surface area contributed by atoms with Crippen LogP contribution in [0.4, 0.5) is 5.69 Å². The minimum absolute atomic E-state index is 0.0873. The van der Waals surface area contributed by atoms with Crippen molar-refractivity contribution in [3.63, 3.8) is 0 Å². The highest BCUT2D eigenvalue weighted by molar-refractivity contribution is 7.89. The number of carbonyl (C=O) groups excluding carboxylic acids is 1. The maximum Gasteiger partial charge on any atom is 0.321 e. The molecule has 2 rings (SSSR count). The molecule has 2 aromatic rings. The van der Waals surface area contributed by atoms with Gasteiger partial charge in [-0.1, -0.05) is 6.07 Å². The first-order valence-electron chi connectivity index (χ1n) is 7.56. The molecule has 0 fully saturated rings. The van der Waals surface area contributed by atoms with Gasteiger partial charge in [0.1, 0.15) is 11.8 Å². The number of sulfonamides is 1. The molecule has 4 N–H and O–H groups in total. The first-order valence-corrected chi connectivity index (χ1v) is 9.04. The molecule has 26 heavy (non-hydrogen) atoms. The Balaban J connectivity index is 2.14. The van der Waals surface area contributed by atoms with Gasteiger partial charge in [0, 0.05) is 5.69 Å². The van der Waals surface area contributed by atoms with Crippen molar-refractivity contribution >= 4 is 27.6 Å². The highest BCUT2D eigenvalue weighted by Gasteiger charge is 2.21. The summed E-state index contributed by atoms with van der Waals surface area (Å²) < 4.78 is 26.2. The quantitative estimate of drug-likeness (QED) is 0.605. The predicted molar refractivity (Wildman–Crippen MR) is 94.7 cm³/mol. The molecule has 0 bridgehead atoms. The number of carboxylic acids is 1. The fourth-order valence-electron chi connectivity index (χ4n) is 2.10. The van der Waals surface area contributed by atoms with Gasteiger partial charge >= 0.3 is 5.97 Å². The van der Waals surface area contributed by atoms with Gasteiger partial charge < -0.3 is 15.5 Å². The Hall–Kier alpha value is -2.91. The first-order chi connectivity index (χ1) is 12.1. The second-order valence-corrected chi connectivity index (χ2v) is 7.39. The van der Waals surface area contributed by atoms with E-state index < -0.39 is 27.9 Å². The van der Waals surface area contributed by atoms with Crippen LogP contribution in [0.5, 0.6) is 5.75 Å². The molecule has 9 heteroatoms. The molecule has 0 aliphatic heterocycles. The second kappa shape index (κ2) is 7.54. The number of rotatable bonds is 6. The summed E-state index contributed by atoms with van der Waals surface area (Å²) in [7, 11) is -4.00. The Morgan fingerprint density at radius 2 is 1.69 bits per heavy atom. The van der Waals surface area contributed by atoms with E-state index in [4.69, 9.17) is 5.11 Å². The van der Waals surface area contributed by atoms with Crippen molar-refractivity contribution in [1.29, 1.82) is 0 Å². The number of amides is 1. The summed E-state index contributed by atoms with van der Waals surface area (Å²) in [5.41, 5.74) is 1.21. The summed E-state index contributed by atoms with van der Waals surface area (Å²) in [6.45, 7) is 2.99. The van der Waals surface area contributed by atoms with Crippen molar-refractivity contribution in [2.24, 2.45) is 0 Å². The van der Waals surface area contributed by atoms with E-state index in [1.54, 1.807) is 13.0 Å². The van der Waals surface area contributed by atoms with E-state index in [-0.39, 0.29) is 16.2 Å². The van der Waals surface area contributed by atoms with Gasteiger partial charge in [-0.3, -0.25) is 9.59 Å². The maximum atomic E-state index is 12.2. The standard InChI is InChI=1S/C17H18N2O6S/c1-10-3-8-14(15(20)9-10)16(21)18-12-4-6-13(7-5-12)26(24,25)19-11(2)17(22)23/h3-9,11,19-20H,1-2H3,(H,18,21)(H,22,23). The van der Waals surface area contributed by atoms with Crippen LogP contribution in [0.15, 0.2) is 47.4 Å². The van der Waals surface area contributed by atoms with E-state index in [1.807, 2.05) is 4.72 Å². The topological polar surface area (TPSA) is 133 Å². The lowest BCUT2D eigenvalue weighted by Crippen LogP contribution is -2.38. The fourth-order valence-corrected chi connectivity index (χ4v) is 3.30. The summed E-state index contributed by atoms with van der Waals surface area (Å²) in [5, 5.41) is 21.2. The molecule has 0 saturated carbocycles. The van der Waals surface area contributed by atoms with Crippen molar-refractivity contribution in [2.75, 3.05) is 5.32 Å². The molecule has 0 spiro atoms. The molecule has 0 heterocycles. The summed E-state index contributed by atoms with van der Waals surface area (Å²) >= 11 is 0. The van der Waals surface area contributed by atoms with Crippen molar-refractivity contribution in [3.05, 3.63) is 53.6 Å². The SMILES string of the molecule is Cc1ccc(C(=O)Nc2ccc(S(=O)(=O)NC(C)C(=O)O)cc2)c(O)c1. The normalized spacial score (nSPS) is 12.4. The van der Waals surface area contributed by atoms with Crippen molar-refractivity contribution < 1.29 is 28.2 Å². The molecule has 2 aromatic carbocycles. The number of carboxylic acid groups (broad SMARTS) is 1. The van der Waals surface area contributed by atoms with Gasteiger partial charge in [0.2, 0.25) is 10.0 Å². The second-order valence-electron chi connectivity index (χ2n) is 5.68. The van der Waals surface area contributed by atoms with E-state index in [1.165, 1.54) is 43.3 Å². The third-order valence-corrected chi connectivity index (χ3v) is 5.08. The Morgan fingerprint density at radius 3 is 2.23 bits per heavy atom. The molecule has 138 valence electrons. The molecule has 0 radical (unpaired) electrons. The lowest BCUT2D eigenvalue weighted by molar-refractivity contribution is -0.138. The van der Waals surface area contributed by atoms with Crippen LogP contribution >= 0.6 is 0 Å². The lowest BCUT2D eigenvalue weighted by atomic mass is 10.1. The van der Waals surface area contributed by atoms with Gasteiger partial charge in [-0.25, -0.2) is 8.42 Å². The number of nitrogens with one attached hydrogen (secondary N) is 2. The first kappa shape index (κ1) is 19.4. The number of anilines is 1. The molecule has 8 nitrogen and oxygen atoms in total. The smallest absolute Gasteiger partial charge is 0.321 e. The molecular weight excluding hydrogens is 360 g/mol. The van der Waals surface area contributed by atoms with Crippen molar-refractivity contribution in [2.45, 2.75) is 24.8 Å². The van der Waals surface area contributed by atoms with Gasteiger partial charge in [0.25, 0.3) is 5.91 Å². The minimum atomic E-state index is -4.00. The minimum Gasteiger partial charge on any atom is -0.507 e. The van der Waals surface area contributed by atoms with Crippen LogP contribution in [-0.2, 0) is 14.8 Å². The van der Waals surface area contributed by atoms with E-state index in [0.717, 1.165) is 5.56 Å². The summed E-state index contributed by atoms with van der Waals surface area (Å²) in [6.07, 6.45) is 0. The average molecular weight is 378 g/mol. The number of carbonyl (C=O) groups is 2. The van der Waals surface area contributed by atoms with Crippen LogP contribution in [0.2, 0.25) is 0 Å². The summed E-state index contributed by atoms with van der Waals surface area (Å²) in [6, 6.07) is 8.55. The Labute approximate surface area is 150 Å². The third kappa shape index (κ3) is 4.58. The molecule has 0 saturated heterocycles.